The summed E-state index contributed by atoms with van der Waals surface area (Å²) < 4.78 is 0. The van der Waals surface area contributed by atoms with Crippen LogP contribution in [-0.2, 0) is 11.2 Å². The first-order chi connectivity index (χ1) is 10.0. The third kappa shape index (κ3) is 4.10. The molecule has 1 aliphatic heterocycles. The van der Waals surface area contributed by atoms with Gasteiger partial charge >= 0.3 is 0 Å². The number of carbonyl (C=O) groups excluding carboxylic acids is 1. The highest BCUT2D eigenvalue weighted by Gasteiger charge is 2.23. The quantitative estimate of drug-likeness (QED) is 0.858. The lowest BCUT2D eigenvalue weighted by atomic mass is 10.1. The standard InChI is InChI=1S/C15H17Cl2N3O/c1-11(10-18)19-4-6-20(7-5-19)15(21)9-12-2-3-13(16)14(17)8-12/h2-3,8,11H,4-7,9H2,1H3. The maximum absolute atomic E-state index is 12.3. The third-order valence-electron chi connectivity index (χ3n) is 3.74. The Kier molecular flexibility index (Phi) is 5.46. The van der Waals surface area contributed by atoms with Gasteiger partial charge in [0.1, 0.15) is 0 Å². The number of nitriles is 1. The summed E-state index contributed by atoms with van der Waals surface area (Å²) in [6, 6.07) is 7.38. The SMILES string of the molecule is CC(C#N)N1CCN(C(=O)Cc2ccc(Cl)c(Cl)c2)CC1. The molecule has 6 heteroatoms. The van der Waals surface area contributed by atoms with E-state index in [9.17, 15) is 4.79 Å². The zero-order valence-corrected chi connectivity index (χ0v) is 13.4. The van der Waals surface area contributed by atoms with Gasteiger partial charge in [0.2, 0.25) is 5.91 Å². The minimum absolute atomic E-state index is 0.0812. The molecule has 1 amide bonds. The van der Waals surface area contributed by atoms with Crippen LogP contribution in [0.5, 0.6) is 0 Å². The van der Waals surface area contributed by atoms with E-state index in [1.165, 1.54) is 0 Å². The first-order valence-corrected chi connectivity index (χ1v) is 7.62. The Morgan fingerprint density at radius 3 is 2.52 bits per heavy atom. The van der Waals surface area contributed by atoms with E-state index < -0.39 is 0 Å². The smallest absolute Gasteiger partial charge is 0.227 e. The Bertz CT molecular complexity index is 563. The van der Waals surface area contributed by atoms with E-state index in [1.54, 1.807) is 12.1 Å². The second-order valence-corrected chi connectivity index (χ2v) is 5.96. The van der Waals surface area contributed by atoms with E-state index in [1.807, 2.05) is 17.9 Å². The number of carbonyl (C=O) groups is 1. The lowest BCUT2D eigenvalue weighted by molar-refractivity contribution is -0.132. The van der Waals surface area contributed by atoms with Gasteiger partial charge in [-0.2, -0.15) is 5.26 Å². The summed E-state index contributed by atoms with van der Waals surface area (Å²) in [6.45, 7) is 4.68. The van der Waals surface area contributed by atoms with Gasteiger partial charge in [-0.15, -0.1) is 0 Å². The molecule has 0 aliphatic carbocycles. The average molecular weight is 326 g/mol. The summed E-state index contributed by atoms with van der Waals surface area (Å²) in [5.74, 6) is 0.0812. The largest absolute Gasteiger partial charge is 0.340 e. The van der Waals surface area contributed by atoms with Crippen LogP contribution in [0.1, 0.15) is 12.5 Å². The van der Waals surface area contributed by atoms with Gasteiger partial charge in [0, 0.05) is 26.2 Å². The second kappa shape index (κ2) is 7.13. The minimum Gasteiger partial charge on any atom is -0.340 e. The minimum atomic E-state index is -0.0997. The Balaban J connectivity index is 1.90. The Morgan fingerprint density at radius 1 is 1.29 bits per heavy atom. The molecule has 21 heavy (non-hydrogen) atoms. The number of hydrogen-bond acceptors (Lipinski definition) is 3. The first-order valence-electron chi connectivity index (χ1n) is 6.86. The van der Waals surface area contributed by atoms with Crippen molar-refractivity contribution in [2.24, 2.45) is 0 Å². The number of piperazine rings is 1. The van der Waals surface area contributed by atoms with Crippen LogP contribution >= 0.6 is 23.2 Å². The monoisotopic (exact) mass is 325 g/mol. The molecule has 1 aromatic rings. The number of nitrogens with zero attached hydrogens (tertiary/aromatic N) is 3. The van der Waals surface area contributed by atoms with Gasteiger partial charge in [0.05, 0.1) is 28.6 Å². The molecule has 1 aliphatic rings. The van der Waals surface area contributed by atoms with Crippen LogP contribution in [0.2, 0.25) is 10.0 Å². The van der Waals surface area contributed by atoms with Crippen molar-refractivity contribution < 1.29 is 4.79 Å². The summed E-state index contributed by atoms with van der Waals surface area (Å²) >= 11 is 11.8. The maximum atomic E-state index is 12.3. The molecule has 0 saturated carbocycles. The van der Waals surface area contributed by atoms with Crippen molar-refractivity contribution in [3.05, 3.63) is 33.8 Å². The molecule has 0 radical (unpaired) electrons. The summed E-state index contributed by atoms with van der Waals surface area (Å²) in [6.07, 6.45) is 0.324. The number of amides is 1. The first kappa shape index (κ1) is 16.1. The Morgan fingerprint density at radius 2 is 1.95 bits per heavy atom. The van der Waals surface area contributed by atoms with Gasteiger partial charge in [-0.05, 0) is 24.6 Å². The van der Waals surface area contributed by atoms with Gasteiger partial charge in [-0.25, -0.2) is 0 Å². The second-order valence-electron chi connectivity index (χ2n) is 5.15. The molecular weight excluding hydrogens is 309 g/mol. The molecule has 0 N–H and O–H groups in total. The summed E-state index contributed by atoms with van der Waals surface area (Å²) in [5, 5.41) is 9.87. The van der Waals surface area contributed by atoms with Gasteiger partial charge < -0.3 is 4.90 Å². The number of rotatable bonds is 3. The molecule has 112 valence electrons. The molecule has 1 heterocycles. The zero-order chi connectivity index (χ0) is 15.4. The molecule has 0 aromatic heterocycles. The summed E-state index contributed by atoms with van der Waals surface area (Å²) in [5.41, 5.74) is 0.863. The lowest BCUT2D eigenvalue weighted by Crippen LogP contribution is -2.51. The highest BCUT2D eigenvalue weighted by Crippen LogP contribution is 2.23. The van der Waals surface area contributed by atoms with Crippen molar-refractivity contribution in [3.8, 4) is 6.07 Å². The zero-order valence-electron chi connectivity index (χ0n) is 11.9. The fourth-order valence-electron chi connectivity index (χ4n) is 2.38. The van der Waals surface area contributed by atoms with E-state index >= 15 is 0 Å². The molecule has 2 rings (SSSR count). The van der Waals surface area contributed by atoms with Crippen molar-refractivity contribution in [2.75, 3.05) is 26.2 Å². The highest BCUT2D eigenvalue weighted by atomic mass is 35.5. The van der Waals surface area contributed by atoms with E-state index in [0.717, 1.165) is 18.7 Å². The maximum Gasteiger partial charge on any atom is 0.227 e. The topological polar surface area (TPSA) is 47.3 Å². The van der Waals surface area contributed by atoms with Crippen LogP contribution in [0.25, 0.3) is 0 Å². The lowest BCUT2D eigenvalue weighted by Gasteiger charge is -2.36. The molecule has 0 bridgehead atoms. The molecule has 1 saturated heterocycles. The van der Waals surface area contributed by atoms with Crippen molar-refractivity contribution in [1.29, 1.82) is 5.26 Å². The van der Waals surface area contributed by atoms with Crippen molar-refractivity contribution in [1.82, 2.24) is 9.80 Å². The molecular formula is C15H17Cl2N3O. The molecule has 1 atom stereocenters. The van der Waals surface area contributed by atoms with E-state index in [0.29, 0.717) is 29.6 Å². The number of halogens is 2. The van der Waals surface area contributed by atoms with E-state index in [4.69, 9.17) is 28.5 Å². The molecule has 1 fully saturated rings. The number of hydrogen-bond donors (Lipinski definition) is 0. The van der Waals surface area contributed by atoms with Gasteiger partial charge in [0.15, 0.2) is 0 Å². The Hall–Kier alpha value is -1.28. The molecule has 1 aromatic carbocycles. The normalized spacial score (nSPS) is 17.3. The predicted octanol–water partition coefficient (Wildman–Crippen LogP) is 2.59. The van der Waals surface area contributed by atoms with Crippen LogP contribution < -0.4 is 0 Å². The van der Waals surface area contributed by atoms with Crippen molar-refractivity contribution in [2.45, 2.75) is 19.4 Å². The Labute approximate surface area is 134 Å². The fourth-order valence-corrected chi connectivity index (χ4v) is 2.70. The number of benzene rings is 1. The summed E-state index contributed by atoms with van der Waals surface area (Å²) in [4.78, 5) is 16.2. The molecule has 0 spiro atoms. The van der Waals surface area contributed by atoms with Crippen LogP contribution in [-0.4, -0.2) is 47.9 Å². The average Bonchev–Trinajstić information content (AvgIpc) is 2.50. The van der Waals surface area contributed by atoms with Crippen LogP contribution in [0.15, 0.2) is 18.2 Å². The van der Waals surface area contributed by atoms with Gasteiger partial charge in [0.25, 0.3) is 0 Å². The highest BCUT2D eigenvalue weighted by molar-refractivity contribution is 6.42. The van der Waals surface area contributed by atoms with Crippen LogP contribution in [0.4, 0.5) is 0 Å². The molecule has 1 unspecified atom stereocenters. The van der Waals surface area contributed by atoms with Gasteiger partial charge in [-0.3, -0.25) is 9.69 Å². The molecule has 4 nitrogen and oxygen atoms in total. The summed E-state index contributed by atoms with van der Waals surface area (Å²) in [7, 11) is 0. The predicted molar refractivity (Wildman–Crippen MR) is 83.4 cm³/mol. The van der Waals surface area contributed by atoms with Crippen LogP contribution in [0.3, 0.4) is 0 Å². The van der Waals surface area contributed by atoms with E-state index in [2.05, 4.69) is 11.0 Å². The van der Waals surface area contributed by atoms with E-state index in [-0.39, 0.29) is 11.9 Å². The van der Waals surface area contributed by atoms with Crippen molar-refractivity contribution >= 4 is 29.1 Å². The van der Waals surface area contributed by atoms with Crippen molar-refractivity contribution in [3.63, 3.8) is 0 Å². The van der Waals surface area contributed by atoms with Crippen LogP contribution in [0, 0.1) is 11.3 Å². The third-order valence-corrected chi connectivity index (χ3v) is 4.48. The van der Waals surface area contributed by atoms with Gasteiger partial charge in [-0.1, -0.05) is 29.3 Å². The fraction of sp³-hybridized carbons (Fsp3) is 0.467.